The minimum atomic E-state index is -1.07. The Balaban J connectivity index is 2.74. The highest BCUT2D eigenvalue weighted by Crippen LogP contribution is 2.20. The first kappa shape index (κ1) is 14.8. The summed E-state index contributed by atoms with van der Waals surface area (Å²) in [7, 11) is 0. The van der Waals surface area contributed by atoms with Crippen LogP contribution < -0.4 is 5.32 Å². The molecule has 0 aliphatic carbocycles. The quantitative estimate of drug-likeness (QED) is 0.695. The third-order valence-corrected chi connectivity index (χ3v) is 3.79. The summed E-state index contributed by atoms with van der Waals surface area (Å²) in [6.45, 7) is 5.94. The van der Waals surface area contributed by atoms with Gasteiger partial charge in [-0.15, -0.1) is 0 Å². The summed E-state index contributed by atoms with van der Waals surface area (Å²) in [5.41, 5.74) is -0.340. The van der Waals surface area contributed by atoms with E-state index in [1.807, 2.05) is 20.8 Å². The van der Waals surface area contributed by atoms with Crippen LogP contribution in [-0.2, 0) is 4.79 Å². The number of carbonyl (C=O) groups is 2. The topological polar surface area (TPSA) is 89.9 Å². The van der Waals surface area contributed by atoms with E-state index in [2.05, 4.69) is 5.32 Å². The maximum absolute atomic E-state index is 12.1. The number of carbonyl (C=O) groups excluding carboxylic acids is 1. The largest absolute Gasteiger partial charge is 0.480 e. The van der Waals surface area contributed by atoms with E-state index in [9.17, 15) is 14.7 Å². The van der Waals surface area contributed by atoms with Crippen LogP contribution in [-0.4, -0.2) is 51.3 Å². The third-order valence-electron chi connectivity index (χ3n) is 3.79. The lowest BCUT2D eigenvalue weighted by Crippen LogP contribution is -2.53. The fraction of sp³-hybridized carbons (Fsp3) is 0.833. The maximum Gasteiger partial charge on any atom is 0.326 e. The highest BCUT2D eigenvalue weighted by Gasteiger charge is 2.40. The number of amides is 2. The lowest BCUT2D eigenvalue weighted by molar-refractivity contribution is -0.141. The number of urea groups is 1. The van der Waals surface area contributed by atoms with Gasteiger partial charge in [-0.1, -0.05) is 13.8 Å². The molecule has 2 atom stereocenters. The van der Waals surface area contributed by atoms with Crippen LogP contribution in [0.2, 0.25) is 0 Å². The highest BCUT2D eigenvalue weighted by molar-refractivity contribution is 5.83. The van der Waals surface area contributed by atoms with Gasteiger partial charge in [0, 0.05) is 18.5 Å². The molecule has 18 heavy (non-hydrogen) atoms. The Morgan fingerprint density at radius 1 is 1.39 bits per heavy atom. The Labute approximate surface area is 107 Å². The first-order chi connectivity index (χ1) is 8.33. The van der Waals surface area contributed by atoms with Gasteiger partial charge in [0.2, 0.25) is 0 Å². The van der Waals surface area contributed by atoms with Crippen molar-refractivity contribution in [2.24, 2.45) is 0 Å². The van der Waals surface area contributed by atoms with Crippen LogP contribution in [0.1, 0.15) is 40.0 Å². The van der Waals surface area contributed by atoms with Gasteiger partial charge < -0.3 is 20.4 Å². The zero-order valence-corrected chi connectivity index (χ0v) is 11.1. The molecular weight excluding hydrogens is 236 g/mol. The number of carboxylic acids is 1. The van der Waals surface area contributed by atoms with Gasteiger partial charge in [-0.2, -0.15) is 0 Å². The number of β-amino-alcohol motifs (C(OH)–C–C–N with tert-alkyl or cyclic N) is 1. The molecule has 2 amide bonds. The average molecular weight is 258 g/mol. The van der Waals surface area contributed by atoms with Crippen molar-refractivity contribution in [1.29, 1.82) is 0 Å². The Kier molecular flexibility index (Phi) is 4.56. The summed E-state index contributed by atoms with van der Waals surface area (Å²) in [5, 5.41) is 21.4. The molecule has 6 heteroatoms. The summed E-state index contributed by atoms with van der Waals surface area (Å²) < 4.78 is 0. The third kappa shape index (κ3) is 3.13. The fourth-order valence-electron chi connectivity index (χ4n) is 2.03. The summed E-state index contributed by atoms with van der Waals surface area (Å²) in [4.78, 5) is 24.3. The Morgan fingerprint density at radius 3 is 2.39 bits per heavy atom. The minimum absolute atomic E-state index is 0.0757. The number of aliphatic carboxylic acids is 1. The van der Waals surface area contributed by atoms with Crippen molar-refractivity contribution in [3.8, 4) is 0 Å². The fourth-order valence-corrected chi connectivity index (χ4v) is 2.03. The van der Waals surface area contributed by atoms with E-state index in [0.717, 1.165) is 12.8 Å². The molecule has 0 aromatic heterocycles. The summed E-state index contributed by atoms with van der Waals surface area (Å²) in [6.07, 6.45) is 0.871. The van der Waals surface area contributed by atoms with Crippen LogP contribution >= 0.6 is 0 Å². The van der Waals surface area contributed by atoms with Crippen molar-refractivity contribution in [3.63, 3.8) is 0 Å². The maximum atomic E-state index is 12.1. The molecule has 0 radical (unpaired) electrons. The molecule has 0 aromatic carbocycles. The zero-order valence-electron chi connectivity index (χ0n) is 11.1. The molecule has 1 aliphatic rings. The van der Waals surface area contributed by atoms with Gasteiger partial charge in [0.25, 0.3) is 0 Å². The number of hydrogen-bond donors (Lipinski definition) is 3. The minimum Gasteiger partial charge on any atom is -0.480 e. The summed E-state index contributed by atoms with van der Waals surface area (Å²) >= 11 is 0. The number of rotatable bonds is 4. The number of nitrogens with one attached hydrogen (secondary N) is 1. The summed E-state index contributed by atoms with van der Waals surface area (Å²) in [5.74, 6) is -1.07. The normalized spacial score (nSPS) is 24.1. The Hall–Kier alpha value is -1.30. The van der Waals surface area contributed by atoms with Crippen LogP contribution in [0.3, 0.4) is 0 Å². The van der Waals surface area contributed by atoms with E-state index in [0.29, 0.717) is 0 Å². The zero-order chi connectivity index (χ0) is 13.9. The van der Waals surface area contributed by atoms with Gasteiger partial charge in [-0.25, -0.2) is 9.59 Å². The standard InChI is InChI=1S/C12H22N2O4/c1-4-12(3,5-2)13-11(18)14-7-8(15)6-9(14)10(16)17/h8-9,15H,4-7H2,1-3H3,(H,13,18)(H,16,17). The number of carboxylic acid groups (broad SMARTS) is 1. The lowest BCUT2D eigenvalue weighted by atomic mass is 9.96. The van der Waals surface area contributed by atoms with Gasteiger partial charge >= 0.3 is 12.0 Å². The van der Waals surface area contributed by atoms with Crippen LogP contribution in [0.5, 0.6) is 0 Å². The van der Waals surface area contributed by atoms with Crippen molar-refractivity contribution < 1.29 is 19.8 Å². The Bertz CT molecular complexity index is 328. The molecule has 6 nitrogen and oxygen atoms in total. The predicted octanol–water partition coefficient (Wildman–Crippen LogP) is 0.794. The predicted molar refractivity (Wildman–Crippen MR) is 66.3 cm³/mol. The second kappa shape index (κ2) is 5.56. The van der Waals surface area contributed by atoms with E-state index >= 15 is 0 Å². The smallest absolute Gasteiger partial charge is 0.326 e. The van der Waals surface area contributed by atoms with E-state index in [1.165, 1.54) is 4.90 Å². The van der Waals surface area contributed by atoms with E-state index < -0.39 is 24.1 Å². The van der Waals surface area contributed by atoms with Crippen LogP contribution in [0.15, 0.2) is 0 Å². The van der Waals surface area contributed by atoms with Gasteiger partial charge in [0.05, 0.1) is 6.10 Å². The number of aliphatic hydroxyl groups excluding tert-OH is 1. The second-order valence-electron chi connectivity index (χ2n) is 5.09. The van der Waals surface area contributed by atoms with Crippen LogP contribution in [0.4, 0.5) is 4.79 Å². The number of nitrogens with zero attached hydrogens (tertiary/aromatic N) is 1. The van der Waals surface area contributed by atoms with Crippen LogP contribution in [0, 0.1) is 0 Å². The van der Waals surface area contributed by atoms with Crippen LogP contribution in [0.25, 0.3) is 0 Å². The molecular formula is C12H22N2O4. The van der Waals surface area contributed by atoms with Gasteiger partial charge in [-0.3, -0.25) is 0 Å². The van der Waals surface area contributed by atoms with E-state index in [-0.39, 0.29) is 18.5 Å². The molecule has 0 aromatic rings. The monoisotopic (exact) mass is 258 g/mol. The number of hydrogen-bond acceptors (Lipinski definition) is 3. The molecule has 0 spiro atoms. The average Bonchev–Trinajstić information content (AvgIpc) is 2.71. The number of likely N-dealkylation sites (tertiary alicyclic amines) is 1. The molecule has 1 aliphatic heterocycles. The molecule has 0 bridgehead atoms. The molecule has 2 unspecified atom stereocenters. The highest BCUT2D eigenvalue weighted by atomic mass is 16.4. The van der Waals surface area contributed by atoms with E-state index in [4.69, 9.17) is 5.11 Å². The number of aliphatic hydroxyl groups is 1. The van der Waals surface area contributed by atoms with Gasteiger partial charge in [0.15, 0.2) is 0 Å². The SMILES string of the molecule is CCC(C)(CC)NC(=O)N1CC(O)CC1C(=O)O. The first-order valence-corrected chi connectivity index (χ1v) is 6.32. The van der Waals surface area contributed by atoms with Gasteiger partial charge in [-0.05, 0) is 19.8 Å². The van der Waals surface area contributed by atoms with Gasteiger partial charge in [0.1, 0.15) is 6.04 Å². The molecule has 0 saturated carbocycles. The second-order valence-corrected chi connectivity index (χ2v) is 5.09. The van der Waals surface area contributed by atoms with Crippen molar-refractivity contribution in [2.45, 2.75) is 57.7 Å². The molecule has 1 saturated heterocycles. The first-order valence-electron chi connectivity index (χ1n) is 6.32. The molecule has 104 valence electrons. The molecule has 1 rings (SSSR count). The summed E-state index contributed by atoms with van der Waals surface area (Å²) in [6, 6.07) is -1.34. The van der Waals surface area contributed by atoms with Crippen molar-refractivity contribution in [1.82, 2.24) is 10.2 Å². The van der Waals surface area contributed by atoms with Crippen molar-refractivity contribution in [3.05, 3.63) is 0 Å². The van der Waals surface area contributed by atoms with Crippen molar-refractivity contribution >= 4 is 12.0 Å². The van der Waals surface area contributed by atoms with Crippen molar-refractivity contribution in [2.75, 3.05) is 6.54 Å². The lowest BCUT2D eigenvalue weighted by Gasteiger charge is -2.32. The molecule has 1 heterocycles. The Morgan fingerprint density at radius 2 is 1.94 bits per heavy atom. The molecule has 3 N–H and O–H groups in total. The molecule has 1 fully saturated rings. The van der Waals surface area contributed by atoms with E-state index in [1.54, 1.807) is 0 Å².